The van der Waals surface area contributed by atoms with E-state index >= 15 is 0 Å². The van der Waals surface area contributed by atoms with Crippen molar-refractivity contribution in [3.8, 4) is 0 Å². The lowest BCUT2D eigenvalue weighted by Gasteiger charge is -2.15. The molecule has 5 nitrogen and oxygen atoms in total. The fourth-order valence-corrected chi connectivity index (χ4v) is 1.35. The molecule has 0 unspecified atom stereocenters. The van der Waals surface area contributed by atoms with Gasteiger partial charge in [0.2, 0.25) is 0 Å². The van der Waals surface area contributed by atoms with Gasteiger partial charge in [-0.15, -0.1) is 0 Å². The summed E-state index contributed by atoms with van der Waals surface area (Å²) in [6, 6.07) is 5.14. The van der Waals surface area contributed by atoms with Crippen molar-refractivity contribution in [2.45, 2.75) is 0 Å². The van der Waals surface area contributed by atoms with Crippen molar-refractivity contribution >= 4 is 17.4 Å². The molecule has 0 bridgehead atoms. The van der Waals surface area contributed by atoms with Crippen LogP contribution in [0.25, 0.3) is 0 Å². The van der Waals surface area contributed by atoms with Crippen molar-refractivity contribution in [3.05, 3.63) is 42.4 Å². The highest BCUT2D eigenvalue weighted by atomic mass is 16.2. The number of nitrogens with zero attached hydrogens (tertiary/aromatic N) is 2. The Labute approximate surface area is 92.9 Å². The predicted octanol–water partition coefficient (Wildman–Crippen LogP) is 1.27. The number of amides is 1. The van der Waals surface area contributed by atoms with E-state index in [1.54, 1.807) is 37.6 Å². The van der Waals surface area contributed by atoms with Gasteiger partial charge in [-0.2, -0.15) is 0 Å². The van der Waals surface area contributed by atoms with Gasteiger partial charge in [0.25, 0.3) is 5.91 Å². The highest BCUT2D eigenvalue weighted by Gasteiger charge is 2.14. The lowest BCUT2D eigenvalue weighted by Crippen LogP contribution is -2.26. The molecule has 0 fully saturated rings. The maximum Gasteiger partial charge on any atom is 0.260 e. The van der Waals surface area contributed by atoms with Gasteiger partial charge in [-0.1, -0.05) is 0 Å². The summed E-state index contributed by atoms with van der Waals surface area (Å²) in [5, 5.41) is 0. The van der Waals surface area contributed by atoms with E-state index in [0.717, 1.165) is 0 Å². The number of anilines is 2. The average molecular weight is 216 g/mol. The van der Waals surface area contributed by atoms with Crippen LogP contribution in [0.5, 0.6) is 0 Å². The van der Waals surface area contributed by atoms with Crippen LogP contribution in [0.2, 0.25) is 0 Å². The van der Waals surface area contributed by atoms with Crippen LogP contribution in [0, 0.1) is 0 Å². The third-order valence-electron chi connectivity index (χ3n) is 2.26. The number of hydrogen-bond donors (Lipinski definition) is 2. The van der Waals surface area contributed by atoms with Crippen LogP contribution in [0.1, 0.15) is 10.4 Å². The molecule has 2 aromatic rings. The molecule has 0 aliphatic rings. The molecule has 5 heteroatoms. The summed E-state index contributed by atoms with van der Waals surface area (Å²) in [6.07, 6.45) is 4.88. The Morgan fingerprint density at radius 2 is 2.25 bits per heavy atom. The second-order valence-corrected chi connectivity index (χ2v) is 3.41. The Hall–Kier alpha value is -2.30. The maximum atomic E-state index is 11.9. The van der Waals surface area contributed by atoms with Gasteiger partial charge < -0.3 is 10.7 Å². The SMILES string of the molecule is CN(C(=O)c1cc[nH]c1)c1ccc(N)cn1. The molecule has 2 heterocycles. The summed E-state index contributed by atoms with van der Waals surface area (Å²) in [6.45, 7) is 0. The Balaban J connectivity index is 2.22. The summed E-state index contributed by atoms with van der Waals surface area (Å²) in [5.41, 5.74) is 6.70. The van der Waals surface area contributed by atoms with Crippen LogP contribution >= 0.6 is 0 Å². The van der Waals surface area contributed by atoms with E-state index in [2.05, 4.69) is 9.97 Å². The molecule has 0 atom stereocenters. The number of aromatic amines is 1. The van der Waals surface area contributed by atoms with Crippen molar-refractivity contribution in [2.75, 3.05) is 17.7 Å². The number of pyridine rings is 1. The molecule has 0 saturated carbocycles. The molecule has 3 N–H and O–H groups in total. The first kappa shape index (κ1) is 10.2. The second kappa shape index (κ2) is 4.06. The lowest BCUT2D eigenvalue weighted by molar-refractivity contribution is 0.0992. The quantitative estimate of drug-likeness (QED) is 0.793. The standard InChI is InChI=1S/C11H12N4O/c1-15(10-3-2-9(12)7-14-10)11(16)8-4-5-13-6-8/h2-7,13H,12H2,1H3. The molecular formula is C11H12N4O. The first-order valence-electron chi connectivity index (χ1n) is 4.81. The first-order chi connectivity index (χ1) is 7.68. The van der Waals surface area contributed by atoms with Gasteiger partial charge in [0.05, 0.1) is 17.4 Å². The molecule has 0 aliphatic heterocycles. The van der Waals surface area contributed by atoms with Crippen molar-refractivity contribution in [1.82, 2.24) is 9.97 Å². The number of carbonyl (C=O) groups excluding carboxylic acids is 1. The van der Waals surface area contributed by atoms with Crippen LogP contribution in [0.4, 0.5) is 11.5 Å². The Morgan fingerprint density at radius 3 is 2.81 bits per heavy atom. The fourth-order valence-electron chi connectivity index (χ4n) is 1.35. The number of nitrogens with two attached hydrogens (primary N) is 1. The molecule has 0 radical (unpaired) electrons. The normalized spacial score (nSPS) is 10.1. The van der Waals surface area contributed by atoms with E-state index in [1.165, 1.54) is 11.1 Å². The summed E-state index contributed by atoms with van der Waals surface area (Å²) in [5.74, 6) is 0.457. The maximum absolute atomic E-state index is 11.9. The number of hydrogen-bond acceptors (Lipinski definition) is 3. The fraction of sp³-hybridized carbons (Fsp3) is 0.0909. The molecule has 1 amide bonds. The van der Waals surface area contributed by atoms with Crippen LogP contribution in [-0.4, -0.2) is 22.9 Å². The predicted molar refractivity (Wildman–Crippen MR) is 62.2 cm³/mol. The molecule has 2 aromatic heterocycles. The average Bonchev–Trinajstić information content (AvgIpc) is 2.81. The van der Waals surface area contributed by atoms with E-state index in [0.29, 0.717) is 17.1 Å². The summed E-state index contributed by atoms with van der Waals surface area (Å²) >= 11 is 0. The van der Waals surface area contributed by atoms with Crippen LogP contribution in [0.3, 0.4) is 0 Å². The number of nitrogen functional groups attached to an aromatic ring is 1. The van der Waals surface area contributed by atoms with E-state index < -0.39 is 0 Å². The Kier molecular flexibility index (Phi) is 2.59. The lowest BCUT2D eigenvalue weighted by atomic mass is 10.3. The molecule has 2 rings (SSSR count). The summed E-state index contributed by atoms with van der Waals surface area (Å²) < 4.78 is 0. The van der Waals surface area contributed by atoms with E-state index in [4.69, 9.17) is 5.73 Å². The first-order valence-corrected chi connectivity index (χ1v) is 4.81. The van der Waals surface area contributed by atoms with Gasteiger partial charge >= 0.3 is 0 Å². The minimum Gasteiger partial charge on any atom is -0.397 e. The van der Waals surface area contributed by atoms with Gasteiger partial charge in [0.1, 0.15) is 5.82 Å². The second-order valence-electron chi connectivity index (χ2n) is 3.41. The Bertz CT molecular complexity index is 475. The molecule has 0 saturated heterocycles. The number of nitrogens with one attached hydrogen (secondary N) is 1. The van der Waals surface area contributed by atoms with Crippen molar-refractivity contribution < 1.29 is 4.79 Å². The van der Waals surface area contributed by atoms with Gasteiger partial charge in [0.15, 0.2) is 0 Å². The number of rotatable bonds is 2. The van der Waals surface area contributed by atoms with Gasteiger partial charge in [0, 0.05) is 19.4 Å². The smallest absolute Gasteiger partial charge is 0.260 e. The number of H-pyrrole nitrogens is 1. The highest BCUT2D eigenvalue weighted by Crippen LogP contribution is 2.13. The van der Waals surface area contributed by atoms with Gasteiger partial charge in [-0.05, 0) is 18.2 Å². The van der Waals surface area contributed by atoms with Crippen LogP contribution in [0.15, 0.2) is 36.8 Å². The van der Waals surface area contributed by atoms with Crippen LogP contribution in [-0.2, 0) is 0 Å². The van der Waals surface area contributed by atoms with Gasteiger partial charge in [-0.25, -0.2) is 4.98 Å². The highest BCUT2D eigenvalue weighted by molar-refractivity contribution is 6.05. The zero-order valence-corrected chi connectivity index (χ0v) is 8.84. The molecule has 16 heavy (non-hydrogen) atoms. The zero-order valence-electron chi connectivity index (χ0n) is 8.84. The summed E-state index contributed by atoms with van der Waals surface area (Å²) in [4.78, 5) is 20.3. The van der Waals surface area contributed by atoms with E-state index in [1.807, 2.05) is 0 Å². The minimum absolute atomic E-state index is 0.112. The van der Waals surface area contributed by atoms with Crippen LogP contribution < -0.4 is 10.6 Å². The van der Waals surface area contributed by atoms with Crippen molar-refractivity contribution in [1.29, 1.82) is 0 Å². The topological polar surface area (TPSA) is 75.0 Å². The van der Waals surface area contributed by atoms with Crippen molar-refractivity contribution in [3.63, 3.8) is 0 Å². The van der Waals surface area contributed by atoms with Gasteiger partial charge in [-0.3, -0.25) is 9.69 Å². The van der Waals surface area contributed by atoms with E-state index in [9.17, 15) is 4.79 Å². The van der Waals surface area contributed by atoms with E-state index in [-0.39, 0.29) is 5.91 Å². The molecular weight excluding hydrogens is 204 g/mol. The van der Waals surface area contributed by atoms with Crippen molar-refractivity contribution in [2.24, 2.45) is 0 Å². The molecule has 0 spiro atoms. The zero-order chi connectivity index (χ0) is 11.5. The number of carbonyl (C=O) groups is 1. The molecule has 82 valence electrons. The number of aromatic nitrogens is 2. The Morgan fingerprint density at radius 1 is 1.44 bits per heavy atom. The minimum atomic E-state index is -0.112. The molecule has 0 aromatic carbocycles. The monoisotopic (exact) mass is 216 g/mol. The third-order valence-corrected chi connectivity index (χ3v) is 2.26. The molecule has 0 aliphatic carbocycles. The largest absolute Gasteiger partial charge is 0.397 e. The summed E-state index contributed by atoms with van der Waals surface area (Å²) in [7, 11) is 1.67. The third kappa shape index (κ3) is 1.88.